The van der Waals surface area contributed by atoms with Gasteiger partial charge in [-0.05, 0) is 38.7 Å². The molecule has 7 nitrogen and oxygen atoms in total. The molecule has 0 radical (unpaired) electrons. The lowest BCUT2D eigenvalue weighted by Crippen LogP contribution is -2.09. The monoisotopic (exact) mass is 283 g/mol. The summed E-state index contributed by atoms with van der Waals surface area (Å²) in [6.45, 7) is 4.59. The highest BCUT2D eigenvalue weighted by Crippen LogP contribution is 2.30. The Morgan fingerprint density at radius 1 is 1.38 bits per heavy atom. The number of anilines is 2. The van der Waals surface area contributed by atoms with Gasteiger partial charge in [0, 0.05) is 17.9 Å². The van der Waals surface area contributed by atoms with E-state index in [1.807, 2.05) is 19.9 Å². The Bertz CT molecular complexity index is 701. The number of nitriles is 1. The summed E-state index contributed by atoms with van der Waals surface area (Å²) in [4.78, 5) is 8.67. The van der Waals surface area contributed by atoms with E-state index in [2.05, 4.69) is 26.5 Å². The molecule has 1 aliphatic carbocycles. The third kappa shape index (κ3) is 2.65. The Labute approximate surface area is 122 Å². The van der Waals surface area contributed by atoms with Crippen LogP contribution in [0.5, 0.6) is 0 Å². The molecule has 21 heavy (non-hydrogen) atoms. The van der Waals surface area contributed by atoms with Gasteiger partial charge in [-0.1, -0.05) is 0 Å². The van der Waals surface area contributed by atoms with E-state index in [-0.39, 0.29) is 5.82 Å². The molecule has 0 bridgehead atoms. The van der Waals surface area contributed by atoms with Gasteiger partial charge in [0.25, 0.3) is 5.95 Å². The van der Waals surface area contributed by atoms with Crippen molar-refractivity contribution in [3.05, 3.63) is 23.0 Å². The quantitative estimate of drug-likeness (QED) is 0.882. The summed E-state index contributed by atoms with van der Waals surface area (Å²) in [5.74, 6) is 1.84. The fourth-order valence-electron chi connectivity index (χ4n) is 2.18. The predicted octanol–water partition coefficient (Wildman–Crippen LogP) is 1.55. The molecule has 2 heterocycles. The Morgan fingerprint density at radius 3 is 2.62 bits per heavy atom. The number of aromatic nitrogens is 4. The second-order valence-electron chi connectivity index (χ2n) is 5.41. The van der Waals surface area contributed by atoms with Gasteiger partial charge in [0.1, 0.15) is 11.6 Å². The number of aryl methyl sites for hydroxylation is 2. The van der Waals surface area contributed by atoms with Gasteiger partial charge in [-0.25, -0.2) is 9.97 Å². The van der Waals surface area contributed by atoms with Crippen LogP contribution in [0.1, 0.15) is 29.8 Å². The van der Waals surface area contributed by atoms with Gasteiger partial charge in [-0.15, -0.1) is 5.10 Å². The maximum atomic E-state index is 9.29. The highest BCUT2D eigenvalue weighted by atomic mass is 15.4. The van der Waals surface area contributed by atoms with Crippen LogP contribution in [0.15, 0.2) is 6.07 Å². The second kappa shape index (κ2) is 5.05. The first kappa shape index (κ1) is 13.4. The first-order valence-electron chi connectivity index (χ1n) is 6.93. The number of rotatable bonds is 4. The van der Waals surface area contributed by atoms with Crippen LogP contribution in [-0.2, 0) is 0 Å². The molecule has 0 amide bonds. The molecule has 0 spiro atoms. The Morgan fingerprint density at radius 2 is 2.05 bits per heavy atom. The highest BCUT2D eigenvalue weighted by Gasteiger charge is 2.23. The maximum Gasteiger partial charge on any atom is 0.253 e. The zero-order valence-electron chi connectivity index (χ0n) is 12.1. The minimum absolute atomic E-state index is 0.265. The molecule has 2 aromatic heterocycles. The van der Waals surface area contributed by atoms with Crippen molar-refractivity contribution in [2.24, 2.45) is 5.92 Å². The number of nitrogens with zero attached hydrogens (tertiary/aromatic N) is 5. The topological polar surface area (TPSA) is 105 Å². The standard InChI is InChI=1S/C14H17N7/c1-8-5-9(2)19-14(18-8)21-12(16)11(6-15)13(20-21)17-7-10-3-4-10/h5,10H,3-4,7,16H2,1-2H3,(H,17,20). The van der Waals surface area contributed by atoms with Gasteiger partial charge in [0.2, 0.25) is 0 Å². The first-order valence-corrected chi connectivity index (χ1v) is 6.93. The van der Waals surface area contributed by atoms with Gasteiger partial charge in [0.05, 0.1) is 0 Å². The number of nitrogens with one attached hydrogen (secondary N) is 1. The van der Waals surface area contributed by atoms with Crippen molar-refractivity contribution in [3.8, 4) is 12.0 Å². The van der Waals surface area contributed by atoms with Crippen molar-refractivity contribution in [1.29, 1.82) is 5.26 Å². The SMILES string of the molecule is Cc1cc(C)nc(-n2nc(NCC3CC3)c(C#N)c2N)n1. The summed E-state index contributed by atoms with van der Waals surface area (Å²) < 4.78 is 1.42. The molecule has 3 N–H and O–H groups in total. The molecule has 1 fully saturated rings. The molecule has 0 unspecified atom stereocenters. The van der Waals surface area contributed by atoms with Crippen molar-refractivity contribution >= 4 is 11.6 Å². The van der Waals surface area contributed by atoms with Gasteiger partial charge >= 0.3 is 0 Å². The van der Waals surface area contributed by atoms with E-state index >= 15 is 0 Å². The molecule has 0 saturated heterocycles. The summed E-state index contributed by atoms with van der Waals surface area (Å²) >= 11 is 0. The van der Waals surface area contributed by atoms with Crippen molar-refractivity contribution in [1.82, 2.24) is 19.7 Å². The van der Waals surface area contributed by atoms with E-state index in [1.165, 1.54) is 17.5 Å². The van der Waals surface area contributed by atoms with Crippen LogP contribution in [0, 0.1) is 31.1 Å². The predicted molar refractivity (Wildman–Crippen MR) is 79.0 cm³/mol. The number of hydrogen-bond acceptors (Lipinski definition) is 6. The molecule has 108 valence electrons. The minimum Gasteiger partial charge on any atom is -0.382 e. The number of nitrogen functional groups attached to an aromatic ring is 1. The lowest BCUT2D eigenvalue weighted by molar-refractivity contribution is 0.797. The second-order valence-corrected chi connectivity index (χ2v) is 5.41. The van der Waals surface area contributed by atoms with E-state index < -0.39 is 0 Å². The first-order chi connectivity index (χ1) is 10.1. The van der Waals surface area contributed by atoms with Crippen molar-refractivity contribution in [3.63, 3.8) is 0 Å². The van der Waals surface area contributed by atoms with E-state index in [0.29, 0.717) is 23.2 Å². The molecule has 3 rings (SSSR count). The van der Waals surface area contributed by atoms with E-state index in [4.69, 9.17) is 5.73 Å². The van der Waals surface area contributed by atoms with Crippen LogP contribution in [-0.4, -0.2) is 26.3 Å². The van der Waals surface area contributed by atoms with Gasteiger partial charge in [0.15, 0.2) is 11.6 Å². The van der Waals surface area contributed by atoms with Crippen LogP contribution in [0.3, 0.4) is 0 Å². The minimum atomic E-state index is 0.265. The van der Waals surface area contributed by atoms with Crippen molar-refractivity contribution in [2.45, 2.75) is 26.7 Å². The molecule has 7 heteroatoms. The summed E-state index contributed by atoms with van der Waals surface area (Å²) in [6.07, 6.45) is 2.45. The largest absolute Gasteiger partial charge is 0.382 e. The van der Waals surface area contributed by atoms with Crippen molar-refractivity contribution in [2.75, 3.05) is 17.6 Å². The highest BCUT2D eigenvalue weighted by molar-refractivity contribution is 5.65. The van der Waals surface area contributed by atoms with Gasteiger partial charge in [-0.2, -0.15) is 9.94 Å². The number of nitrogens with two attached hydrogens (primary N) is 1. The van der Waals surface area contributed by atoms with E-state index in [1.54, 1.807) is 0 Å². The maximum absolute atomic E-state index is 9.29. The summed E-state index contributed by atoms with van der Waals surface area (Å²) in [5.41, 5.74) is 8.04. The summed E-state index contributed by atoms with van der Waals surface area (Å²) in [6, 6.07) is 3.98. The molecule has 0 aliphatic heterocycles. The summed E-state index contributed by atoms with van der Waals surface area (Å²) in [5, 5.41) is 16.8. The fraction of sp³-hybridized carbons (Fsp3) is 0.429. The average molecular weight is 283 g/mol. The van der Waals surface area contributed by atoms with Gasteiger partial charge < -0.3 is 11.1 Å². The lowest BCUT2D eigenvalue weighted by Gasteiger charge is -2.04. The molecule has 2 aromatic rings. The lowest BCUT2D eigenvalue weighted by atomic mass is 10.3. The van der Waals surface area contributed by atoms with Crippen LogP contribution >= 0.6 is 0 Å². The Kier molecular flexibility index (Phi) is 3.22. The van der Waals surface area contributed by atoms with Crippen molar-refractivity contribution < 1.29 is 0 Å². The smallest absolute Gasteiger partial charge is 0.253 e. The Hall–Kier alpha value is -2.62. The molecule has 1 aliphatic rings. The van der Waals surface area contributed by atoms with E-state index in [9.17, 15) is 5.26 Å². The van der Waals surface area contributed by atoms with Crippen LogP contribution < -0.4 is 11.1 Å². The fourth-order valence-corrected chi connectivity index (χ4v) is 2.18. The van der Waals surface area contributed by atoms with E-state index in [0.717, 1.165) is 17.9 Å². The zero-order chi connectivity index (χ0) is 15.0. The molecule has 0 atom stereocenters. The summed E-state index contributed by atoms with van der Waals surface area (Å²) in [7, 11) is 0. The third-order valence-corrected chi connectivity index (χ3v) is 3.45. The normalized spacial score (nSPS) is 14.0. The van der Waals surface area contributed by atoms with Crippen LogP contribution in [0.25, 0.3) is 5.95 Å². The average Bonchev–Trinajstić information content (AvgIpc) is 3.19. The van der Waals surface area contributed by atoms with Crippen LogP contribution in [0.4, 0.5) is 11.6 Å². The molecular weight excluding hydrogens is 266 g/mol. The molecular formula is C14H17N7. The third-order valence-electron chi connectivity index (χ3n) is 3.45. The van der Waals surface area contributed by atoms with Gasteiger partial charge in [-0.3, -0.25) is 0 Å². The number of hydrogen-bond donors (Lipinski definition) is 2. The Balaban J connectivity index is 1.99. The van der Waals surface area contributed by atoms with Crippen LogP contribution in [0.2, 0.25) is 0 Å². The molecule has 1 saturated carbocycles. The molecule has 0 aromatic carbocycles. The zero-order valence-corrected chi connectivity index (χ0v) is 12.1.